The van der Waals surface area contributed by atoms with E-state index < -0.39 is 24.5 Å². The summed E-state index contributed by atoms with van der Waals surface area (Å²) in [4.78, 5) is 12.3. The highest BCUT2D eigenvalue weighted by Crippen LogP contribution is 2.34. The molecule has 0 saturated carbocycles. The van der Waals surface area contributed by atoms with Crippen LogP contribution in [0, 0.1) is 6.92 Å². The first-order valence-corrected chi connectivity index (χ1v) is 7.15. The number of amides is 1. The number of nitrogens with two attached hydrogens (primary N) is 1. The van der Waals surface area contributed by atoms with Gasteiger partial charge in [0, 0.05) is 16.1 Å². The molecule has 3 nitrogen and oxygen atoms in total. The number of nitrogens with one attached hydrogen (secondary N) is 1. The van der Waals surface area contributed by atoms with E-state index in [9.17, 15) is 18.0 Å². The Balaban J connectivity index is 2.22. The number of benzene rings is 1. The largest absolute Gasteiger partial charge is 0.397 e. The predicted octanol–water partition coefficient (Wildman–Crippen LogP) is 3.86. The average Bonchev–Trinajstić information content (AvgIpc) is 2.64. The fourth-order valence-electron chi connectivity index (χ4n) is 2.09. The number of halogens is 3. The molecule has 2 aromatic rings. The van der Waals surface area contributed by atoms with Crippen molar-refractivity contribution in [1.82, 2.24) is 5.32 Å². The summed E-state index contributed by atoms with van der Waals surface area (Å²) in [6.07, 6.45) is -5.38. The van der Waals surface area contributed by atoms with E-state index in [1.807, 2.05) is 25.1 Å². The quantitative estimate of drug-likeness (QED) is 0.903. The first-order valence-electron chi connectivity index (χ1n) is 6.33. The molecule has 1 heterocycles. The van der Waals surface area contributed by atoms with Gasteiger partial charge in [0.05, 0.1) is 12.1 Å². The van der Waals surface area contributed by atoms with E-state index in [-0.39, 0.29) is 4.88 Å². The van der Waals surface area contributed by atoms with Gasteiger partial charge < -0.3 is 11.1 Å². The molecule has 0 saturated heterocycles. The minimum Gasteiger partial charge on any atom is -0.397 e. The molecule has 1 aromatic heterocycles. The van der Waals surface area contributed by atoms with Crippen LogP contribution in [0.5, 0.6) is 0 Å². The number of nitrogen functional groups attached to an aromatic ring is 1. The summed E-state index contributed by atoms with van der Waals surface area (Å²) in [5.74, 6) is -0.567. The lowest BCUT2D eigenvalue weighted by Gasteiger charge is -2.15. The summed E-state index contributed by atoms with van der Waals surface area (Å²) < 4.78 is 37.7. The summed E-state index contributed by atoms with van der Waals surface area (Å²) in [5.41, 5.74) is 7.26. The molecule has 2 rings (SSSR count). The van der Waals surface area contributed by atoms with Gasteiger partial charge in [0.25, 0.3) is 5.91 Å². The van der Waals surface area contributed by atoms with Crippen LogP contribution in [0.15, 0.2) is 18.2 Å². The van der Waals surface area contributed by atoms with Gasteiger partial charge in [-0.05, 0) is 26.0 Å². The monoisotopic (exact) mass is 316 g/mol. The molecule has 0 aliphatic rings. The van der Waals surface area contributed by atoms with Crippen LogP contribution in [-0.2, 0) is 0 Å². The SMILES string of the molecule is Cc1ccc2sc(C(=O)NC(C)CC(F)(F)F)c(N)c2c1. The molecule has 0 fully saturated rings. The molecule has 0 bridgehead atoms. The Kier molecular flexibility index (Phi) is 4.13. The highest BCUT2D eigenvalue weighted by atomic mass is 32.1. The van der Waals surface area contributed by atoms with Crippen molar-refractivity contribution in [2.45, 2.75) is 32.5 Å². The topological polar surface area (TPSA) is 55.1 Å². The molecule has 7 heteroatoms. The number of hydrogen-bond donors (Lipinski definition) is 2. The highest BCUT2D eigenvalue weighted by molar-refractivity contribution is 7.21. The molecule has 1 aromatic carbocycles. The average molecular weight is 316 g/mol. The second kappa shape index (κ2) is 5.55. The molecule has 1 amide bonds. The standard InChI is InChI=1S/C14H15F3N2OS/c1-7-3-4-10-9(5-7)11(18)12(21-10)13(20)19-8(2)6-14(15,16)17/h3-5,8H,6,18H2,1-2H3,(H,19,20). The number of rotatable bonds is 3. The lowest BCUT2D eigenvalue weighted by molar-refractivity contribution is -0.138. The van der Waals surface area contributed by atoms with Crippen molar-refractivity contribution in [3.63, 3.8) is 0 Å². The van der Waals surface area contributed by atoms with E-state index >= 15 is 0 Å². The Labute approximate surface area is 123 Å². The van der Waals surface area contributed by atoms with Gasteiger partial charge in [-0.2, -0.15) is 13.2 Å². The van der Waals surface area contributed by atoms with Gasteiger partial charge in [-0.1, -0.05) is 11.6 Å². The maximum Gasteiger partial charge on any atom is 0.391 e. The Hall–Kier alpha value is -1.76. The van der Waals surface area contributed by atoms with E-state index in [2.05, 4.69) is 5.32 Å². The van der Waals surface area contributed by atoms with Crippen LogP contribution in [-0.4, -0.2) is 18.1 Å². The number of carbonyl (C=O) groups excluding carboxylic acids is 1. The number of anilines is 1. The molecule has 3 N–H and O–H groups in total. The second-order valence-corrected chi connectivity index (χ2v) is 6.09. The maximum absolute atomic E-state index is 12.3. The minimum absolute atomic E-state index is 0.254. The van der Waals surface area contributed by atoms with E-state index in [1.54, 1.807) is 0 Å². The van der Waals surface area contributed by atoms with Crippen molar-refractivity contribution in [2.24, 2.45) is 0 Å². The lowest BCUT2D eigenvalue weighted by Crippen LogP contribution is -2.35. The first-order chi connectivity index (χ1) is 9.67. The fourth-order valence-corrected chi connectivity index (χ4v) is 3.09. The number of thiophene rings is 1. The molecule has 0 aliphatic carbocycles. The molecular weight excluding hydrogens is 301 g/mol. The molecule has 0 spiro atoms. The number of aryl methyl sites for hydroxylation is 1. The third-order valence-electron chi connectivity index (χ3n) is 3.00. The fraction of sp³-hybridized carbons (Fsp3) is 0.357. The van der Waals surface area contributed by atoms with Crippen LogP contribution in [0.25, 0.3) is 10.1 Å². The van der Waals surface area contributed by atoms with E-state index in [4.69, 9.17) is 5.73 Å². The van der Waals surface area contributed by atoms with Gasteiger partial charge in [-0.3, -0.25) is 4.79 Å². The van der Waals surface area contributed by atoms with Gasteiger partial charge in [0.15, 0.2) is 0 Å². The van der Waals surface area contributed by atoms with Gasteiger partial charge in [0.1, 0.15) is 4.88 Å². The minimum atomic E-state index is -4.31. The van der Waals surface area contributed by atoms with Crippen molar-refractivity contribution in [1.29, 1.82) is 0 Å². The van der Waals surface area contributed by atoms with Crippen LogP contribution in [0.4, 0.5) is 18.9 Å². The third kappa shape index (κ3) is 3.66. The maximum atomic E-state index is 12.3. The van der Waals surface area contributed by atoms with Crippen LogP contribution in [0.2, 0.25) is 0 Å². The molecule has 0 radical (unpaired) electrons. The molecular formula is C14H15F3N2OS. The zero-order chi connectivity index (χ0) is 15.8. The van der Waals surface area contributed by atoms with E-state index in [0.29, 0.717) is 5.69 Å². The van der Waals surface area contributed by atoms with Crippen LogP contribution < -0.4 is 11.1 Å². The number of alkyl halides is 3. The highest BCUT2D eigenvalue weighted by Gasteiger charge is 2.31. The Morgan fingerprint density at radius 2 is 2.10 bits per heavy atom. The normalized spacial score (nSPS) is 13.4. The van der Waals surface area contributed by atoms with Crippen molar-refractivity contribution in [3.05, 3.63) is 28.6 Å². The van der Waals surface area contributed by atoms with Crippen molar-refractivity contribution in [2.75, 3.05) is 5.73 Å². The molecule has 1 atom stereocenters. The zero-order valence-corrected chi connectivity index (χ0v) is 12.4. The van der Waals surface area contributed by atoms with Gasteiger partial charge in [-0.25, -0.2) is 0 Å². The number of fused-ring (bicyclic) bond motifs is 1. The van der Waals surface area contributed by atoms with Gasteiger partial charge >= 0.3 is 6.18 Å². The third-order valence-corrected chi connectivity index (χ3v) is 4.19. The van der Waals surface area contributed by atoms with Gasteiger partial charge in [0.2, 0.25) is 0 Å². The number of carbonyl (C=O) groups is 1. The summed E-state index contributed by atoms with van der Waals surface area (Å²) >= 11 is 1.18. The second-order valence-electron chi connectivity index (χ2n) is 5.04. The predicted molar refractivity (Wildman–Crippen MR) is 78.6 cm³/mol. The summed E-state index contributed by atoms with van der Waals surface area (Å²) in [6.45, 7) is 3.22. The Bertz CT molecular complexity index is 679. The van der Waals surface area contributed by atoms with Crippen molar-refractivity contribution in [3.8, 4) is 0 Å². The Morgan fingerprint density at radius 3 is 2.71 bits per heavy atom. The summed E-state index contributed by atoms with van der Waals surface area (Å²) in [5, 5.41) is 3.10. The molecule has 1 unspecified atom stereocenters. The molecule has 21 heavy (non-hydrogen) atoms. The van der Waals surface area contributed by atoms with E-state index in [1.165, 1.54) is 18.3 Å². The number of hydrogen-bond acceptors (Lipinski definition) is 3. The summed E-state index contributed by atoms with van der Waals surface area (Å²) in [7, 11) is 0. The zero-order valence-electron chi connectivity index (χ0n) is 11.5. The first kappa shape index (κ1) is 15.6. The molecule has 0 aliphatic heterocycles. The van der Waals surface area contributed by atoms with E-state index in [0.717, 1.165) is 15.6 Å². The van der Waals surface area contributed by atoms with Crippen LogP contribution in [0.3, 0.4) is 0 Å². The Morgan fingerprint density at radius 1 is 1.43 bits per heavy atom. The molecule has 114 valence electrons. The van der Waals surface area contributed by atoms with Crippen molar-refractivity contribution < 1.29 is 18.0 Å². The summed E-state index contributed by atoms with van der Waals surface area (Å²) in [6, 6.07) is 4.61. The lowest BCUT2D eigenvalue weighted by atomic mass is 10.1. The van der Waals surface area contributed by atoms with Crippen LogP contribution >= 0.6 is 11.3 Å². The van der Waals surface area contributed by atoms with Crippen molar-refractivity contribution >= 4 is 33.0 Å². The smallest absolute Gasteiger partial charge is 0.391 e. The van der Waals surface area contributed by atoms with Crippen LogP contribution in [0.1, 0.15) is 28.6 Å². The van der Waals surface area contributed by atoms with Gasteiger partial charge in [-0.15, -0.1) is 11.3 Å².